The summed E-state index contributed by atoms with van der Waals surface area (Å²) in [7, 11) is 0. The molecule has 2 aromatic rings. The molecule has 1 unspecified atom stereocenters. The fraction of sp³-hybridized carbons (Fsp3) is 0.300. The predicted molar refractivity (Wildman–Crippen MR) is 103 cm³/mol. The molecular weight excluding hydrogens is 352 g/mol. The van der Waals surface area contributed by atoms with Crippen LogP contribution in [0.5, 0.6) is 5.75 Å². The number of hydrogen-bond donors (Lipinski definition) is 2. The molecule has 0 heterocycles. The predicted octanol–water partition coefficient (Wildman–Crippen LogP) is 4.33. The molecule has 0 aliphatic carbocycles. The standard InChI is InChI=1S/C20H23ClN2O3/c1-13(2)26-18-9-7-17(8-10-18)23-20(25)12-19(22-14(3)24)15-5-4-6-16(21)11-15/h4-11,13,19H,12H2,1-3H3,(H,22,24)(H,23,25). The molecule has 2 N–H and O–H groups in total. The highest BCUT2D eigenvalue weighted by Crippen LogP contribution is 2.22. The highest BCUT2D eigenvalue weighted by Gasteiger charge is 2.17. The van der Waals surface area contributed by atoms with E-state index < -0.39 is 6.04 Å². The van der Waals surface area contributed by atoms with Gasteiger partial charge in [0.15, 0.2) is 0 Å². The molecule has 0 spiro atoms. The molecule has 0 fully saturated rings. The summed E-state index contributed by atoms with van der Waals surface area (Å²) in [6.07, 6.45) is 0.191. The third kappa shape index (κ3) is 6.41. The Bertz CT molecular complexity index is 760. The molecule has 138 valence electrons. The van der Waals surface area contributed by atoms with E-state index in [1.807, 2.05) is 19.9 Å². The molecular formula is C20H23ClN2O3. The summed E-state index contributed by atoms with van der Waals surface area (Å²) in [4.78, 5) is 23.9. The van der Waals surface area contributed by atoms with Crippen LogP contribution in [0.25, 0.3) is 0 Å². The number of carbonyl (C=O) groups is 2. The second-order valence-electron chi connectivity index (χ2n) is 6.25. The average molecular weight is 375 g/mol. The number of rotatable bonds is 7. The van der Waals surface area contributed by atoms with Gasteiger partial charge < -0.3 is 15.4 Å². The fourth-order valence-corrected chi connectivity index (χ4v) is 2.71. The molecule has 5 nitrogen and oxygen atoms in total. The van der Waals surface area contributed by atoms with Crippen LogP contribution in [0.15, 0.2) is 48.5 Å². The lowest BCUT2D eigenvalue weighted by atomic mass is 10.0. The van der Waals surface area contributed by atoms with Gasteiger partial charge in [-0.15, -0.1) is 0 Å². The first kappa shape index (κ1) is 19.8. The third-order valence-electron chi connectivity index (χ3n) is 3.53. The van der Waals surface area contributed by atoms with Crippen molar-refractivity contribution in [1.29, 1.82) is 0 Å². The minimum Gasteiger partial charge on any atom is -0.491 e. The van der Waals surface area contributed by atoms with E-state index in [0.29, 0.717) is 10.7 Å². The maximum atomic E-state index is 12.4. The van der Waals surface area contributed by atoms with E-state index >= 15 is 0 Å². The van der Waals surface area contributed by atoms with Gasteiger partial charge in [-0.05, 0) is 55.8 Å². The van der Waals surface area contributed by atoms with Gasteiger partial charge in [-0.1, -0.05) is 23.7 Å². The molecule has 2 rings (SSSR count). The minimum atomic E-state index is -0.449. The van der Waals surface area contributed by atoms with E-state index in [-0.39, 0.29) is 24.3 Å². The number of halogens is 1. The van der Waals surface area contributed by atoms with Gasteiger partial charge in [-0.2, -0.15) is 0 Å². The molecule has 1 atom stereocenters. The number of nitrogens with one attached hydrogen (secondary N) is 2. The van der Waals surface area contributed by atoms with Crippen LogP contribution in [0.4, 0.5) is 5.69 Å². The maximum Gasteiger partial charge on any atom is 0.226 e. The summed E-state index contributed by atoms with van der Waals surface area (Å²) < 4.78 is 5.58. The van der Waals surface area contributed by atoms with Crippen molar-refractivity contribution in [2.45, 2.75) is 39.3 Å². The number of carbonyl (C=O) groups excluding carboxylic acids is 2. The number of ether oxygens (including phenoxy) is 1. The number of benzene rings is 2. The Balaban J connectivity index is 2.03. The molecule has 0 bridgehead atoms. The van der Waals surface area contributed by atoms with Crippen LogP contribution in [0.3, 0.4) is 0 Å². The van der Waals surface area contributed by atoms with Crippen molar-refractivity contribution in [2.24, 2.45) is 0 Å². The molecule has 0 radical (unpaired) electrons. The average Bonchev–Trinajstić information content (AvgIpc) is 2.55. The summed E-state index contributed by atoms with van der Waals surface area (Å²) >= 11 is 6.02. The van der Waals surface area contributed by atoms with Gasteiger partial charge in [0.1, 0.15) is 5.75 Å². The number of hydrogen-bond acceptors (Lipinski definition) is 3. The summed E-state index contributed by atoms with van der Waals surface area (Å²) in [6.45, 7) is 5.32. The van der Waals surface area contributed by atoms with E-state index in [1.165, 1.54) is 6.92 Å². The first-order chi connectivity index (χ1) is 12.3. The summed E-state index contributed by atoms with van der Waals surface area (Å²) in [5, 5.41) is 6.18. The van der Waals surface area contributed by atoms with Gasteiger partial charge in [0.25, 0.3) is 0 Å². The maximum absolute atomic E-state index is 12.4. The fourth-order valence-electron chi connectivity index (χ4n) is 2.51. The zero-order valence-corrected chi connectivity index (χ0v) is 15.8. The molecule has 0 aromatic heterocycles. The smallest absolute Gasteiger partial charge is 0.226 e. The summed E-state index contributed by atoms with van der Waals surface area (Å²) in [6, 6.07) is 13.8. The van der Waals surface area contributed by atoms with Crippen molar-refractivity contribution in [3.8, 4) is 5.75 Å². The van der Waals surface area contributed by atoms with Crippen LogP contribution in [0.1, 0.15) is 38.8 Å². The van der Waals surface area contributed by atoms with Crippen LogP contribution in [-0.4, -0.2) is 17.9 Å². The van der Waals surface area contributed by atoms with Crippen molar-refractivity contribution in [1.82, 2.24) is 5.32 Å². The van der Waals surface area contributed by atoms with Gasteiger partial charge in [0.05, 0.1) is 18.6 Å². The van der Waals surface area contributed by atoms with E-state index in [0.717, 1.165) is 11.3 Å². The lowest BCUT2D eigenvalue weighted by Gasteiger charge is -2.18. The quantitative estimate of drug-likeness (QED) is 0.757. The lowest BCUT2D eigenvalue weighted by Crippen LogP contribution is -2.29. The lowest BCUT2D eigenvalue weighted by molar-refractivity contribution is -0.120. The highest BCUT2D eigenvalue weighted by atomic mass is 35.5. The van der Waals surface area contributed by atoms with Gasteiger partial charge in [-0.25, -0.2) is 0 Å². The third-order valence-corrected chi connectivity index (χ3v) is 3.76. The molecule has 2 aromatic carbocycles. The number of anilines is 1. The van der Waals surface area contributed by atoms with Crippen molar-refractivity contribution in [3.05, 3.63) is 59.1 Å². The first-order valence-corrected chi connectivity index (χ1v) is 8.80. The highest BCUT2D eigenvalue weighted by molar-refractivity contribution is 6.30. The largest absolute Gasteiger partial charge is 0.491 e. The molecule has 0 saturated heterocycles. The zero-order valence-electron chi connectivity index (χ0n) is 15.1. The Labute approximate surface area is 158 Å². The topological polar surface area (TPSA) is 67.4 Å². The van der Waals surface area contributed by atoms with E-state index in [9.17, 15) is 9.59 Å². The van der Waals surface area contributed by atoms with Crippen LogP contribution >= 0.6 is 11.6 Å². The molecule has 0 saturated carbocycles. The van der Waals surface area contributed by atoms with E-state index in [4.69, 9.17) is 16.3 Å². The summed E-state index contributed by atoms with van der Waals surface area (Å²) in [5.41, 5.74) is 1.45. The molecule has 0 aliphatic rings. The number of amides is 2. The van der Waals surface area contributed by atoms with Crippen LogP contribution in [0.2, 0.25) is 5.02 Å². The van der Waals surface area contributed by atoms with E-state index in [2.05, 4.69) is 10.6 Å². The second kappa shape index (κ2) is 9.25. The van der Waals surface area contributed by atoms with Crippen molar-refractivity contribution in [3.63, 3.8) is 0 Å². The van der Waals surface area contributed by atoms with Crippen molar-refractivity contribution in [2.75, 3.05) is 5.32 Å². The Kier molecular flexibility index (Phi) is 7.04. The van der Waals surface area contributed by atoms with Crippen LogP contribution in [-0.2, 0) is 9.59 Å². The minimum absolute atomic E-state index is 0.0894. The Morgan fingerprint density at radius 1 is 1.12 bits per heavy atom. The van der Waals surface area contributed by atoms with Gasteiger partial charge in [0.2, 0.25) is 11.8 Å². The van der Waals surface area contributed by atoms with E-state index in [1.54, 1.807) is 42.5 Å². The van der Waals surface area contributed by atoms with Gasteiger partial charge >= 0.3 is 0 Å². The molecule has 26 heavy (non-hydrogen) atoms. The van der Waals surface area contributed by atoms with Crippen LogP contribution in [0, 0.1) is 0 Å². The normalized spacial score (nSPS) is 11.7. The Morgan fingerprint density at radius 2 is 1.81 bits per heavy atom. The Morgan fingerprint density at radius 3 is 2.38 bits per heavy atom. The van der Waals surface area contributed by atoms with Gasteiger partial charge in [-0.3, -0.25) is 9.59 Å². The van der Waals surface area contributed by atoms with Gasteiger partial charge in [0, 0.05) is 17.6 Å². The molecule has 2 amide bonds. The van der Waals surface area contributed by atoms with Crippen LogP contribution < -0.4 is 15.4 Å². The zero-order chi connectivity index (χ0) is 19.1. The second-order valence-corrected chi connectivity index (χ2v) is 6.69. The monoisotopic (exact) mass is 374 g/mol. The SMILES string of the molecule is CC(=O)NC(CC(=O)Nc1ccc(OC(C)C)cc1)c1cccc(Cl)c1. The van der Waals surface area contributed by atoms with Crippen molar-refractivity contribution >= 4 is 29.1 Å². The Hall–Kier alpha value is -2.53. The summed E-state index contributed by atoms with van der Waals surface area (Å²) in [5.74, 6) is 0.326. The first-order valence-electron chi connectivity index (χ1n) is 8.42. The van der Waals surface area contributed by atoms with Crippen molar-refractivity contribution < 1.29 is 14.3 Å². The molecule has 0 aliphatic heterocycles. The molecule has 6 heteroatoms.